The maximum Gasteiger partial charge on any atom is 0.180 e. The van der Waals surface area contributed by atoms with Gasteiger partial charge in [0.2, 0.25) is 0 Å². The summed E-state index contributed by atoms with van der Waals surface area (Å²) in [7, 11) is 0. The Morgan fingerprint density at radius 1 is 1.23 bits per heavy atom. The van der Waals surface area contributed by atoms with Gasteiger partial charge in [0.05, 0.1) is 6.20 Å². The molecule has 0 bridgehead atoms. The van der Waals surface area contributed by atoms with Crippen LogP contribution in [0.2, 0.25) is 0 Å². The minimum Gasteiger partial charge on any atom is -0.366 e. The molecular weight excluding hydrogens is 331 g/mol. The number of rotatable bonds is 3. The second-order valence-corrected chi connectivity index (χ2v) is 6.13. The predicted molar refractivity (Wildman–Crippen MR) is 102 cm³/mol. The number of hydrogen-bond donors (Lipinski definition) is 2. The van der Waals surface area contributed by atoms with Crippen LogP contribution in [0.25, 0.3) is 17.2 Å². The van der Waals surface area contributed by atoms with E-state index in [1.807, 2.05) is 20.8 Å². The van der Waals surface area contributed by atoms with Gasteiger partial charge in [-0.3, -0.25) is 4.40 Å². The molecule has 3 aromatic rings. The summed E-state index contributed by atoms with van der Waals surface area (Å²) in [4.78, 5) is 13.3. The number of aryl methyl sites for hydroxylation is 1. The van der Waals surface area contributed by atoms with Gasteiger partial charge in [-0.1, -0.05) is 13.8 Å². The molecule has 0 saturated carbocycles. The van der Waals surface area contributed by atoms with Crippen LogP contribution in [-0.4, -0.2) is 38.5 Å². The van der Waals surface area contributed by atoms with Crippen molar-refractivity contribution in [3.8, 4) is 11.5 Å². The van der Waals surface area contributed by atoms with Crippen molar-refractivity contribution in [3.63, 3.8) is 0 Å². The molecule has 1 unspecified atom stereocenters. The van der Waals surface area contributed by atoms with Crippen molar-refractivity contribution in [2.75, 3.05) is 18.4 Å². The molecule has 1 atom stereocenters. The molecule has 1 fully saturated rings. The Morgan fingerprint density at radius 2 is 2.08 bits per heavy atom. The van der Waals surface area contributed by atoms with E-state index in [-0.39, 0.29) is 5.82 Å². The summed E-state index contributed by atoms with van der Waals surface area (Å²) < 4.78 is 15.2. The monoisotopic (exact) mass is 356 g/mol. The highest BCUT2D eigenvalue weighted by atomic mass is 19.1. The van der Waals surface area contributed by atoms with Gasteiger partial charge in [-0.15, -0.1) is 0 Å². The van der Waals surface area contributed by atoms with Gasteiger partial charge in [0.25, 0.3) is 0 Å². The average Bonchev–Trinajstić information content (AvgIpc) is 3.09. The number of aromatic nitrogens is 4. The Balaban J connectivity index is 0.000000948. The van der Waals surface area contributed by atoms with Gasteiger partial charge >= 0.3 is 0 Å². The van der Waals surface area contributed by atoms with Gasteiger partial charge in [-0.25, -0.2) is 19.3 Å². The van der Waals surface area contributed by atoms with E-state index < -0.39 is 0 Å². The zero-order valence-electron chi connectivity index (χ0n) is 15.5. The summed E-state index contributed by atoms with van der Waals surface area (Å²) in [6.45, 7) is 7.98. The van der Waals surface area contributed by atoms with E-state index in [1.54, 1.807) is 22.9 Å². The third-order valence-electron chi connectivity index (χ3n) is 4.31. The molecule has 1 saturated heterocycles. The van der Waals surface area contributed by atoms with E-state index in [1.165, 1.54) is 12.3 Å². The van der Waals surface area contributed by atoms with Crippen molar-refractivity contribution in [2.45, 2.75) is 39.7 Å². The number of nitrogens with one attached hydrogen (secondary N) is 2. The summed E-state index contributed by atoms with van der Waals surface area (Å²) in [5.74, 6) is 1.03. The lowest BCUT2D eigenvalue weighted by atomic mass is 10.1. The van der Waals surface area contributed by atoms with Gasteiger partial charge in [-0.2, -0.15) is 0 Å². The fraction of sp³-hybridized carbons (Fsp3) is 0.421. The molecule has 7 heteroatoms. The zero-order valence-corrected chi connectivity index (χ0v) is 15.5. The molecule has 3 aromatic heterocycles. The zero-order chi connectivity index (χ0) is 18.5. The summed E-state index contributed by atoms with van der Waals surface area (Å²) in [6.07, 6.45) is 7.14. The molecule has 6 nitrogen and oxygen atoms in total. The predicted octanol–water partition coefficient (Wildman–Crippen LogP) is 3.43. The van der Waals surface area contributed by atoms with Crippen LogP contribution in [0.1, 0.15) is 32.3 Å². The minimum atomic E-state index is -0.319. The van der Waals surface area contributed by atoms with Gasteiger partial charge in [0.1, 0.15) is 23.0 Å². The molecule has 0 radical (unpaired) electrons. The van der Waals surface area contributed by atoms with E-state index in [0.717, 1.165) is 37.3 Å². The second kappa shape index (κ2) is 8.23. The first-order chi connectivity index (χ1) is 12.7. The Hall–Kier alpha value is -2.54. The number of piperidine rings is 1. The molecule has 26 heavy (non-hydrogen) atoms. The van der Waals surface area contributed by atoms with Gasteiger partial charge < -0.3 is 10.6 Å². The first-order valence-corrected chi connectivity index (χ1v) is 9.14. The summed E-state index contributed by atoms with van der Waals surface area (Å²) >= 11 is 0. The van der Waals surface area contributed by atoms with Gasteiger partial charge in [0.15, 0.2) is 5.82 Å². The fourth-order valence-corrected chi connectivity index (χ4v) is 3.00. The molecule has 0 aromatic carbocycles. The van der Waals surface area contributed by atoms with Crippen molar-refractivity contribution in [2.24, 2.45) is 0 Å². The topological polar surface area (TPSA) is 67.1 Å². The smallest absolute Gasteiger partial charge is 0.180 e. The maximum atomic E-state index is 13.6. The summed E-state index contributed by atoms with van der Waals surface area (Å²) in [5.41, 5.74) is 2.33. The van der Waals surface area contributed by atoms with Crippen LogP contribution >= 0.6 is 0 Å². The van der Waals surface area contributed by atoms with Crippen LogP contribution in [0.15, 0.2) is 30.7 Å². The SMILES string of the molecule is CC.Cc1cnc(-c2cnc3ccc(F)cn23)nc1NC1CCCNC1. The molecule has 138 valence electrons. The van der Waals surface area contributed by atoms with Crippen molar-refractivity contribution < 1.29 is 4.39 Å². The molecule has 0 amide bonds. The van der Waals surface area contributed by atoms with E-state index in [0.29, 0.717) is 23.2 Å². The Bertz CT molecular complexity index is 870. The first-order valence-electron chi connectivity index (χ1n) is 9.14. The molecule has 1 aliphatic rings. The molecular formula is C19H25FN6. The highest BCUT2D eigenvalue weighted by Gasteiger charge is 2.16. The number of nitrogens with zero attached hydrogens (tertiary/aromatic N) is 4. The van der Waals surface area contributed by atoms with Crippen LogP contribution in [0, 0.1) is 12.7 Å². The van der Waals surface area contributed by atoms with E-state index in [2.05, 4.69) is 25.6 Å². The number of fused-ring (bicyclic) bond motifs is 1. The lowest BCUT2D eigenvalue weighted by Gasteiger charge is -2.25. The van der Waals surface area contributed by atoms with Crippen LogP contribution in [0.4, 0.5) is 10.2 Å². The molecule has 1 aliphatic heterocycles. The molecule has 4 heterocycles. The number of anilines is 1. The van der Waals surface area contributed by atoms with Gasteiger partial charge in [0, 0.05) is 30.5 Å². The number of hydrogen-bond acceptors (Lipinski definition) is 5. The Morgan fingerprint density at radius 3 is 2.85 bits per heavy atom. The van der Waals surface area contributed by atoms with E-state index >= 15 is 0 Å². The van der Waals surface area contributed by atoms with Crippen LogP contribution in [0.3, 0.4) is 0 Å². The largest absolute Gasteiger partial charge is 0.366 e. The summed E-state index contributed by atoms with van der Waals surface area (Å²) in [6, 6.07) is 3.39. The van der Waals surface area contributed by atoms with E-state index in [4.69, 9.17) is 0 Å². The molecule has 4 rings (SSSR count). The highest BCUT2D eigenvalue weighted by molar-refractivity contribution is 5.59. The standard InChI is InChI=1S/C17H19FN6.C2H6/c1-11-7-21-17(23-16(11)22-13-3-2-6-19-8-13)14-9-20-15-5-4-12(18)10-24(14)15;1-2/h4-5,7,9-10,13,19H,2-3,6,8H2,1H3,(H,21,22,23);1-2H3. The van der Waals surface area contributed by atoms with Crippen LogP contribution in [0.5, 0.6) is 0 Å². The maximum absolute atomic E-state index is 13.6. The minimum absolute atomic E-state index is 0.319. The van der Waals surface area contributed by atoms with Gasteiger partial charge in [-0.05, 0) is 38.4 Å². The van der Waals surface area contributed by atoms with Crippen molar-refractivity contribution >= 4 is 11.5 Å². The lowest BCUT2D eigenvalue weighted by Crippen LogP contribution is -2.38. The summed E-state index contributed by atoms with van der Waals surface area (Å²) in [5, 5.41) is 6.88. The first kappa shape index (κ1) is 18.3. The molecule has 0 aliphatic carbocycles. The van der Waals surface area contributed by atoms with Crippen molar-refractivity contribution in [1.29, 1.82) is 0 Å². The average molecular weight is 356 g/mol. The normalized spacial score (nSPS) is 16.8. The highest BCUT2D eigenvalue weighted by Crippen LogP contribution is 2.22. The fourth-order valence-electron chi connectivity index (χ4n) is 3.00. The second-order valence-electron chi connectivity index (χ2n) is 6.13. The van der Waals surface area contributed by atoms with Crippen molar-refractivity contribution in [1.82, 2.24) is 24.7 Å². The number of imidazole rings is 1. The lowest BCUT2D eigenvalue weighted by molar-refractivity contribution is 0.479. The Kier molecular flexibility index (Phi) is 5.78. The van der Waals surface area contributed by atoms with E-state index in [9.17, 15) is 4.39 Å². The number of pyridine rings is 1. The van der Waals surface area contributed by atoms with Crippen LogP contribution in [-0.2, 0) is 0 Å². The quantitative estimate of drug-likeness (QED) is 0.753. The molecule has 2 N–H and O–H groups in total. The third kappa shape index (κ3) is 3.83. The van der Waals surface area contributed by atoms with Crippen molar-refractivity contribution in [3.05, 3.63) is 42.1 Å². The Labute approximate surface area is 152 Å². The third-order valence-corrected chi connectivity index (χ3v) is 4.31. The number of halogens is 1. The van der Waals surface area contributed by atoms with Crippen LogP contribution < -0.4 is 10.6 Å². The molecule has 0 spiro atoms.